The first-order chi connectivity index (χ1) is 16.3. The Labute approximate surface area is 210 Å². The molecule has 1 unspecified atom stereocenters. The molecule has 0 radical (unpaired) electrons. The highest BCUT2D eigenvalue weighted by atomic mass is 15.4. The molecule has 0 amide bonds. The summed E-state index contributed by atoms with van der Waals surface area (Å²) in [5, 5.41) is 0. The molecule has 0 fully saturated rings. The summed E-state index contributed by atoms with van der Waals surface area (Å²) in [7, 11) is 0. The lowest BCUT2D eigenvalue weighted by molar-refractivity contribution is 0.135. The zero-order valence-electron chi connectivity index (χ0n) is 23.3. The van der Waals surface area contributed by atoms with E-state index >= 15 is 0 Å². The van der Waals surface area contributed by atoms with Crippen LogP contribution in [0.4, 0.5) is 0 Å². The number of hydrogen-bond acceptors (Lipinski definition) is 2. The largest absolute Gasteiger partial charge is 0.356 e. The Hall–Kier alpha value is -0.660. The molecular weight excluding hydrogens is 400 g/mol. The molecule has 1 aliphatic heterocycles. The maximum atomic E-state index is 2.69. The Morgan fingerprint density at radius 3 is 1.06 bits per heavy atom. The van der Waals surface area contributed by atoms with Gasteiger partial charge in [-0.2, -0.15) is 0 Å². The molecule has 0 aromatic carbocycles. The number of rotatable bonds is 25. The summed E-state index contributed by atoms with van der Waals surface area (Å²) in [6.45, 7) is 9.46. The predicted octanol–water partition coefficient (Wildman–Crippen LogP) is 10.4. The van der Waals surface area contributed by atoms with Gasteiger partial charge in [-0.15, -0.1) is 0 Å². The SMILES string of the molecule is CCCCCCCCCCN1C=CN(CCCCCCCCC)C1CCCCCCCCC. The standard InChI is InChI=1S/C31H62N2/c1-4-7-10-13-16-19-22-25-28-33-30-29-32(27-24-21-18-15-12-9-6-3)31(33)26-23-20-17-14-11-8-5-2/h29-31H,4-28H2,1-3H3. The van der Waals surface area contributed by atoms with Gasteiger partial charge in [-0.25, -0.2) is 0 Å². The lowest BCUT2D eigenvalue weighted by Crippen LogP contribution is -2.39. The molecule has 1 aliphatic rings. The monoisotopic (exact) mass is 462 g/mol. The molecule has 0 saturated carbocycles. The molecule has 0 N–H and O–H groups in total. The van der Waals surface area contributed by atoms with E-state index in [0.29, 0.717) is 6.17 Å². The van der Waals surface area contributed by atoms with E-state index in [2.05, 4.69) is 43.0 Å². The second-order valence-electron chi connectivity index (χ2n) is 10.8. The van der Waals surface area contributed by atoms with Crippen LogP contribution in [0.3, 0.4) is 0 Å². The van der Waals surface area contributed by atoms with Crippen LogP contribution in [-0.2, 0) is 0 Å². The fourth-order valence-electron chi connectivity index (χ4n) is 5.30. The molecule has 0 aromatic heterocycles. The third-order valence-electron chi connectivity index (χ3n) is 7.57. The van der Waals surface area contributed by atoms with E-state index in [4.69, 9.17) is 0 Å². The normalized spacial score (nSPS) is 15.8. The maximum Gasteiger partial charge on any atom is 0.101 e. The van der Waals surface area contributed by atoms with Crippen LogP contribution in [0, 0.1) is 0 Å². The third kappa shape index (κ3) is 16.6. The molecule has 1 atom stereocenters. The molecule has 0 bridgehead atoms. The first-order valence-electron chi connectivity index (χ1n) is 15.5. The van der Waals surface area contributed by atoms with E-state index in [-0.39, 0.29) is 0 Å². The van der Waals surface area contributed by atoms with Crippen molar-refractivity contribution in [3.8, 4) is 0 Å². The van der Waals surface area contributed by atoms with Crippen molar-refractivity contribution in [1.82, 2.24) is 9.80 Å². The van der Waals surface area contributed by atoms with Gasteiger partial charge in [0.1, 0.15) is 6.17 Å². The van der Waals surface area contributed by atoms with Gasteiger partial charge >= 0.3 is 0 Å². The molecule has 0 aromatic rings. The molecule has 0 spiro atoms. The summed E-state index contributed by atoms with van der Waals surface area (Å²) in [5.74, 6) is 0. The van der Waals surface area contributed by atoms with Crippen molar-refractivity contribution in [2.75, 3.05) is 13.1 Å². The zero-order valence-corrected chi connectivity index (χ0v) is 23.3. The summed E-state index contributed by atoms with van der Waals surface area (Å²) in [5.41, 5.74) is 0. The molecule has 2 heteroatoms. The van der Waals surface area contributed by atoms with E-state index in [1.807, 2.05) is 0 Å². The minimum Gasteiger partial charge on any atom is -0.356 e. The number of nitrogens with zero attached hydrogens (tertiary/aromatic N) is 2. The lowest BCUT2D eigenvalue weighted by atomic mass is 10.1. The Morgan fingerprint density at radius 1 is 0.394 bits per heavy atom. The van der Waals surface area contributed by atoms with Crippen molar-refractivity contribution in [3.63, 3.8) is 0 Å². The van der Waals surface area contributed by atoms with Gasteiger partial charge < -0.3 is 9.80 Å². The van der Waals surface area contributed by atoms with Crippen molar-refractivity contribution in [2.24, 2.45) is 0 Å². The van der Waals surface area contributed by atoms with Crippen molar-refractivity contribution < 1.29 is 0 Å². The summed E-state index contributed by atoms with van der Waals surface area (Å²) in [6.07, 6.45) is 38.0. The first kappa shape index (κ1) is 30.4. The minimum absolute atomic E-state index is 0.644. The van der Waals surface area contributed by atoms with Gasteiger partial charge in [-0.1, -0.05) is 143 Å². The van der Waals surface area contributed by atoms with Gasteiger partial charge in [0.15, 0.2) is 0 Å². The summed E-state index contributed by atoms with van der Waals surface area (Å²) >= 11 is 0. The fourth-order valence-corrected chi connectivity index (χ4v) is 5.30. The van der Waals surface area contributed by atoms with Crippen LogP contribution in [0.15, 0.2) is 12.4 Å². The molecule has 1 heterocycles. The van der Waals surface area contributed by atoms with Crippen molar-refractivity contribution in [3.05, 3.63) is 12.4 Å². The number of unbranched alkanes of at least 4 members (excludes halogenated alkanes) is 19. The third-order valence-corrected chi connectivity index (χ3v) is 7.57. The van der Waals surface area contributed by atoms with E-state index in [1.54, 1.807) is 0 Å². The Kier molecular flexibility index (Phi) is 21.3. The molecule has 1 rings (SSSR count). The van der Waals surface area contributed by atoms with E-state index in [1.165, 1.54) is 161 Å². The van der Waals surface area contributed by atoms with Crippen LogP contribution in [0.25, 0.3) is 0 Å². The summed E-state index contributed by atoms with van der Waals surface area (Å²) < 4.78 is 0. The Balaban J connectivity index is 2.28. The van der Waals surface area contributed by atoms with Crippen molar-refractivity contribution in [2.45, 2.75) is 175 Å². The van der Waals surface area contributed by atoms with Gasteiger partial charge in [-0.3, -0.25) is 0 Å². The van der Waals surface area contributed by atoms with Crippen LogP contribution < -0.4 is 0 Å². The van der Waals surface area contributed by atoms with Crippen LogP contribution in [0.5, 0.6) is 0 Å². The van der Waals surface area contributed by atoms with Crippen molar-refractivity contribution in [1.29, 1.82) is 0 Å². The van der Waals surface area contributed by atoms with Crippen LogP contribution in [0.2, 0.25) is 0 Å². The Bertz CT molecular complexity index is 419. The lowest BCUT2D eigenvalue weighted by Gasteiger charge is -2.33. The van der Waals surface area contributed by atoms with E-state index in [9.17, 15) is 0 Å². The van der Waals surface area contributed by atoms with Gasteiger partial charge in [0, 0.05) is 25.5 Å². The Morgan fingerprint density at radius 2 is 0.697 bits per heavy atom. The average molecular weight is 463 g/mol. The highest BCUT2D eigenvalue weighted by Crippen LogP contribution is 2.24. The quantitative estimate of drug-likeness (QED) is 0.124. The molecule has 0 aliphatic carbocycles. The smallest absolute Gasteiger partial charge is 0.101 e. The highest BCUT2D eigenvalue weighted by molar-refractivity contribution is 4.97. The second-order valence-corrected chi connectivity index (χ2v) is 10.8. The average Bonchev–Trinajstić information content (AvgIpc) is 3.21. The minimum atomic E-state index is 0.644. The first-order valence-corrected chi connectivity index (χ1v) is 15.5. The topological polar surface area (TPSA) is 6.48 Å². The molecular formula is C31H62N2. The molecule has 2 nitrogen and oxygen atoms in total. The van der Waals surface area contributed by atoms with Crippen LogP contribution in [-0.4, -0.2) is 29.1 Å². The maximum absolute atomic E-state index is 2.69. The summed E-state index contributed by atoms with van der Waals surface area (Å²) in [4.78, 5) is 5.38. The van der Waals surface area contributed by atoms with Crippen LogP contribution in [0.1, 0.15) is 168 Å². The number of hydrogen-bond donors (Lipinski definition) is 0. The van der Waals surface area contributed by atoms with Gasteiger partial charge in [0.25, 0.3) is 0 Å². The van der Waals surface area contributed by atoms with E-state index < -0.39 is 0 Å². The van der Waals surface area contributed by atoms with Crippen molar-refractivity contribution >= 4 is 0 Å². The predicted molar refractivity (Wildman–Crippen MR) is 150 cm³/mol. The van der Waals surface area contributed by atoms with Gasteiger partial charge in [-0.05, 0) is 25.7 Å². The summed E-state index contributed by atoms with van der Waals surface area (Å²) in [6, 6.07) is 0. The second kappa shape index (κ2) is 23.1. The van der Waals surface area contributed by atoms with Crippen LogP contribution >= 0.6 is 0 Å². The molecule has 0 saturated heterocycles. The fraction of sp³-hybridized carbons (Fsp3) is 0.935. The molecule has 33 heavy (non-hydrogen) atoms. The zero-order chi connectivity index (χ0) is 23.8. The molecule has 196 valence electrons. The van der Waals surface area contributed by atoms with Gasteiger partial charge in [0.2, 0.25) is 0 Å². The van der Waals surface area contributed by atoms with Gasteiger partial charge in [0.05, 0.1) is 0 Å². The van der Waals surface area contributed by atoms with E-state index in [0.717, 1.165) is 0 Å². The highest BCUT2D eigenvalue weighted by Gasteiger charge is 2.24.